The Morgan fingerprint density at radius 3 is 2.59 bits per heavy atom. The largest absolute Gasteiger partial charge is 0.352 e. The monoisotopic (exact) mass is 252 g/mol. The van der Waals surface area contributed by atoms with E-state index in [1.54, 1.807) is 11.8 Å². The van der Waals surface area contributed by atoms with Crippen LogP contribution in [-0.2, 0) is 11.3 Å². The van der Waals surface area contributed by atoms with Gasteiger partial charge in [0, 0.05) is 17.9 Å². The van der Waals surface area contributed by atoms with Crippen LogP contribution in [0.5, 0.6) is 0 Å². The van der Waals surface area contributed by atoms with Gasteiger partial charge in [0.1, 0.15) is 0 Å². The molecule has 0 saturated heterocycles. The van der Waals surface area contributed by atoms with Crippen LogP contribution in [0, 0.1) is 5.92 Å². The zero-order valence-electron chi connectivity index (χ0n) is 10.4. The highest BCUT2D eigenvalue weighted by atomic mass is 32.2. The van der Waals surface area contributed by atoms with Gasteiger partial charge in [-0.3, -0.25) is 4.79 Å². The third-order valence-electron chi connectivity index (χ3n) is 2.58. The Bertz CT molecular complexity index is 351. The molecule has 1 amide bonds. The molecule has 0 saturated carbocycles. The molecule has 1 atom stereocenters. The van der Waals surface area contributed by atoms with E-state index >= 15 is 0 Å². The lowest BCUT2D eigenvalue weighted by Crippen LogP contribution is -2.26. The van der Waals surface area contributed by atoms with Gasteiger partial charge in [-0.05, 0) is 36.4 Å². The van der Waals surface area contributed by atoms with E-state index in [4.69, 9.17) is 5.73 Å². The summed E-state index contributed by atoms with van der Waals surface area (Å²) in [5.74, 6) is 0.311. The molecule has 1 aromatic rings. The normalized spacial score (nSPS) is 12.2. The zero-order valence-corrected chi connectivity index (χ0v) is 11.2. The third-order valence-corrected chi connectivity index (χ3v) is 3.33. The second-order valence-corrected chi connectivity index (χ2v) is 5.05. The number of benzene rings is 1. The van der Waals surface area contributed by atoms with Gasteiger partial charge in [-0.15, -0.1) is 11.8 Å². The summed E-state index contributed by atoms with van der Waals surface area (Å²) in [7, 11) is 0. The van der Waals surface area contributed by atoms with Crippen LogP contribution >= 0.6 is 11.8 Å². The Labute approximate surface area is 107 Å². The first-order valence-electron chi connectivity index (χ1n) is 5.75. The molecular formula is C13H20N2OS. The predicted molar refractivity (Wildman–Crippen MR) is 72.9 cm³/mol. The smallest absolute Gasteiger partial charge is 0.220 e. The van der Waals surface area contributed by atoms with Crippen molar-refractivity contribution in [2.75, 3.05) is 12.8 Å². The zero-order chi connectivity index (χ0) is 12.7. The van der Waals surface area contributed by atoms with Crippen LogP contribution in [0.25, 0.3) is 0 Å². The average molecular weight is 252 g/mol. The van der Waals surface area contributed by atoms with Gasteiger partial charge in [0.25, 0.3) is 0 Å². The summed E-state index contributed by atoms with van der Waals surface area (Å²) in [5, 5.41) is 2.90. The lowest BCUT2D eigenvalue weighted by Gasteiger charge is -2.09. The van der Waals surface area contributed by atoms with E-state index in [1.165, 1.54) is 4.90 Å². The van der Waals surface area contributed by atoms with Crippen LogP contribution in [0.15, 0.2) is 29.2 Å². The number of hydrogen-bond donors (Lipinski definition) is 2. The maximum absolute atomic E-state index is 11.5. The average Bonchev–Trinajstić information content (AvgIpc) is 2.36. The van der Waals surface area contributed by atoms with Gasteiger partial charge in [0.2, 0.25) is 5.91 Å². The highest BCUT2D eigenvalue weighted by Crippen LogP contribution is 2.14. The first-order valence-corrected chi connectivity index (χ1v) is 6.98. The number of hydrogen-bond acceptors (Lipinski definition) is 3. The van der Waals surface area contributed by atoms with E-state index in [1.807, 2.05) is 25.3 Å². The van der Waals surface area contributed by atoms with Crippen LogP contribution in [0.4, 0.5) is 0 Å². The molecule has 1 aromatic carbocycles. The summed E-state index contributed by atoms with van der Waals surface area (Å²) >= 11 is 1.71. The molecule has 0 spiro atoms. The van der Waals surface area contributed by atoms with Gasteiger partial charge in [0.15, 0.2) is 0 Å². The molecule has 0 fully saturated rings. The van der Waals surface area contributed by atoms with Crippen molar-refractivity contribution in [2.24, 2.45) is 11.7 Å². The minimum Gasteiger partial charge on any atom is -0.352 e. The maximum atomic E-state index is 11.5. The topological polar surface area (TPSA) is 55.1 Å². The molecule has 3 N–H and O–H groups in total. The van der Waals surface area contributed by atoms with E-state index in [2.05, 4.69) is 17.4 Å². The molecule has 1 unspecified atom stereocenters. The molecule has 17 heavy (non-hydrogen) atoms. The van der Waals surface area contributed by atoms with Gasteiger partial charge in [-0.2, -0.15) is 0 Å². The summed E-state index contributed by atoms with van der Waals surface area (Å²) in [6.45, 7) is 3.12. The molecule has 0 radical (unpaired) electrons. The number of nitrogens with one attached hydrogen (secondary N) is 1. The molecule has 0 heterocycles. The van der Waals surface area contributed by atoms with Gasteiger partial charge >= 0.3 is 0 Å². The van der Waals surface area contributed by atoms with E-state index in [9.17, 15) is 4.79 Å². The van der Waals surface area contributed by atoms with Crippen LogP contribution in [0.2, 0.25) is 0 Å². The van der Waals surface area contributed by atoms with Crippen molar-refractivity contribution >= 4 is 17.7 Å². The van der Waals surface area contributed by atoms with Gasteiger partial charge < -0.3 is 11.1 Å². The number of carbonyl (C=O) groups excluding carboxylic acids is 1. The fourth-order valence-electron chi connectivity index (χ4n) is 1.42. The van der Waals surface area contributed by atoms with Crippen molar-refractivity contribution in [3.63, 3.8) is 0 Å². The summed E-state index contributed by atoms with van der Waals surface area (Å²) in [6.07, 6.45) is 2.55. The van der Waals surface area contributed by atoms with Crippen LogP contribution in [0.3, 0.4) is 0 Å². The second kappa shape index (κ2) is 7.35. The molecule has 4 heteroatoms. The number of rotatable bonds is 6. The van der Waals surface area contributed by atoms with Crippen LogP contribution in [0.1, 0.15) is 18.9 Å². The Morgan fingerprint density at radius 1 is 1.41 bits per heavy atom. The minimum atomic E-state index is 0.0666. The molecule has 94 valence electrons. The summed E-state index contributed by atoms with van der Waals surface area (Å²) < 4.78 is 0. The number of thioether (sulfide) groups is 1. The summed E-state index contributed by atoms with van der Waals surface area (Å²) in [5.41, 5.74) is 6.60. The van der Waals surface area contributed by atoms with Crippen molar-refractivity contribution < 1.29 is 4.79 Å². The fraction of sp³-hybridized carbons (Fsp3) is 0.462. The summed E-state index contributed by atoms with van der Waals surface area (Å²) in [6, 6.07) is 8.21. The molecule has 1 rings (SSSR count). The van der Waals surface area contributed by atoms with Gasteiger partial charge in [-0.25, -0.2) is 0 Å². The Morgan fingerprint density at radius 2 is 2.06 bits per heavy atom. The Kier molecular flexibility index (Phi) is 6.08. The number of nitrogens with two attached hydrogens (primary N) is 1. The third kappa shape index (κ3) is 5.24. The van der Waals surface area contributed by atoms with Crippen LogP contribution < -0.4 is 11.1 Å². The van der Waals surface area contributed by atoms with Crippen molar-refractivity contribution in [1.82, 2.24) is 5.32 Å². The van der Waals surface area contributed by atoms with E-state index in [0.717, 1.165) is 5.56 Å². The highest BCUT2D eigenvalue weighted by molar-refractivity contribution is 7.98. The lowest BCUT2D eigenvalue weighted by atomic mass is 10.1. The quantitative estimate of drug-likeness (QED) is 0.762. The minimum absolute atomic E-state index is 0.0666. The van der Waals surface area contributed by atoms with Crippen molar-refractivity contribution in [2.45, 2.75) is 24.8 Å². The second-order valence-electron chi connectivity index (χ2n) is 4.17. The standard InChI is InChI=1S/C13H20N2OS/c1-10(8-14)7-13(16)15-9-11-3-5-12(17-2)6-4-11/h3-6,10H,7-9,14H2,1-2H3,(H,15,16). The highest BCUT2D eigenvalue weighted by Gasteiger charge is 2.06. The number of carbonyl (C=O) groups is 1. The van der Waals surface area contributed by atoms with Crippen molar-refractivity contribution in [3.8, 4) is 0 Å². The lowest BCUT2D eigenvalue weighted by molar-refractivity contribution is -0.122. The first-order chi connectivity index (χ1) is 8.15. The first kappa shape index (κ1) is 14.1. The molecule has 0 aromatic heterocycles. The Hall–Kier alpha value is -1.00. The molecule has 0 aliphatic carbocycles. The maximum Gasteiger partial charge on any atom is 0.220 e. The van der Waals surface area contributed by atoms with E-state index < -0.39 is 0 Å². The molecule has 3 nitrogen and oxygen atoms in total. The van der Waals surface area contributed by atoms with Crippen LogP contribution in [-0.4, -0.2) is 18.7 Å². The molecular weight excluding hydrogens is 232 g/mol. The van der Waals surface area contributed by atoms with Gasteiger partial charge in [0.05, 0.1) is 0 Å². The van der Waals surface area contributed by atoms with Crippen molar-refractivity contribution in [3.05, 3.63) is 29.8 Å². The number of amides is 1. The van der Waals surface area contributed by atoms with E-state index in [-0.39, 0.29) is 11.8 Å². The fourth-order valence-corrected chi connectivity index (χ4v) is 1.82. The summed E-state index contributed by atoms with van der Waals surface area (Å²) in [4.78, 5) is 12.8. The van der Waals surface area contributed by atoms with Crippen molar-refractivity contribution in [1.29, 1.82) is 0 Å². The molecule has 0 aliphatic heterocycles. The molecule has 0 bridgehead atoms. The van der Waals surface area contributed by atoms with E-state index in [0.29, 0.717) is 19.5 Å². The Balaban J connectivity index is 2.36. The SMILES string of the molecule is CSc1ccc(CNC(=O)CC(C)CN)cc1. The van der Waals surface area contributed by atoms with Gasteiger partial charge in [-0.1, -0.05) is 19.1 Å². The molecule has 0 aliphatic rings. The predicted octanol–water partition coefficient (Wildman–Crippen LogP) is 2.01.